The van der Waals surface area contributed by atoms with Crippen molar-refractivity contribution in [1.82, 2.24) is 14.7 Å². The predicted molar refractivity (Wildman–Crippen MR) is 90.8 cm³/mol. The maximum Gasteiger partial charge on any atom is 0.322 e. The van der Waals surface area contributed by atoms with E-state index in [0.717, 1.165) is 15.8 Å². The van der Waals surface area contributed by atoms with Crippen LogP contribution in [0.4, 0.5) is 19.3 Å². The SMILES string of the molecule is CCn1nc(C(C)O)c2cc(NC(=O)N3CCCC(F)(F)C3)ccc21. The summed E-state index contributed by atoms with van der Waals surface area (Å²) in [4.78, 5) is 13.4. The van der Waals surface area contributed by atoms with Crippen LogP contribution in [-0.2, 0) is 6.54 Å². The molecule has 1 fully saturated rings. The number of aromatic nitrogens is 2. The molecule has 136 valence electrons. The molecule has 1 atom stereocenters. The van der Waals surface area contributed by atoms with Gasteiger partial charge in [-0.1, -0.05) is 0 Å². The molecule has 6 nitrogen and oxygen atoms in total. The van der Waals surface area contributed by atoms with E-state index in [0.29, 0.717) is 24.5 Å². The molecule has 2 heterocycles. The topological polar surface area (TPSA) is 70.4 Å². The Morgan fingerprint density at radius 1 is 1.48 bits per heavy atom. The molecule has 2 N–H and O–H groups in total. The molecule has 1 aliphatic rings. The number of likely N-dealkylation sites (tertiary alicyclic amines) is 1. The summed E-state index contributed by atoms with van der Waals surface area (Å²) >= 11 is 0. The van der Waals surface area contributed by atoms with Crippen molar-refractivity contribution in [1.29, 1.82) is 0 Å². The Labute approximate surface area is 144 Å². The number of benzene rings is 1. The molecule has 1 aliphatic heterocycles. The average molecular weight is 352 g/mol. The van der Waals surface area contributed by atoms with E-state index in [-0.39, 0.29) is 12.8 Å². The molecular weight excluding hydrogens is 330 g/mol. The van der Waals surface area contributed by atoms with E-state index in [4.69, 9.17) is 0 Å². The first-order chi connectivity index (χ1) is 11.8. The van der Waals surface area contributed by atoms with Crippen LogP contribution in [0, 0.1) is 0 Å². The van der Waals surface area contributed by atoms with E-state index in [9.17, 15) is 18.7 Å². The fourth-order valence-corrected chi connectivity index (χ4v) is 3.17. The average Bonchev–Trinajstić information content (AvgIpc) is 2.92. The van der Waals surface area contributed by atoms with Crippen LogP contribution in [0.2, 0.25) is 0 Å². The Bertz CT molecular complexity index is 788. The Hall–Kier alpha value is -2.22. The molecule has 0 aliphatic carbocycles. The van der Waals surface area contributed by atoms with Crippen LogP contribution >= 0.6 is 0 Å². The molecule has 0 bridgehead atoms. The van der Waals surface area contributed by atoms with Crippen molar-refractivity contribution in [3.05, 3.63) is 23.9 Å². The van der Waals surface area contributed by atoms with E-state index in [1.165, 1.54) is 0 Å². The van der Waals surface area contributed by atoms with E-state index in [1.807, 2.05) is 6.92 Å². The Balaban J connectivity index is 1.84. The summed E-state index contributed by atoms with van der Waals surface area (Å²) in [5.74, 6) is -2.83. The van der Waals surface area contributed by atoms with Crippen LogP contribution in [0.3, 0.4) is 0 Å². The van der Waals surface area contributed by atoms with Crippen molar-refractivity contribution in [2.75, 3.05) is 18.4 Å². The largest absolute Gasteiger partial charge is 0.387 e. The number of amides is 2. The normalized spacial score (nSPS) is 18.4. The van der Waals surface area contributed by atoms with Crippen LogP contribution in [-0.4, -0.2) is 44.8 Å². The lowest BCUT2D eigenvalue weighted by Gasteiger charge is -2.32. The summed E-state index contributed by atoms with van der Waals surface area (Å²) in [6.45, 7) is 3.98. The molecule has 3 rings (SSSR count). The standard InChI is InChI=1S/C17H22F2N4O2/c1-3-23-14-6-5-12(9-13(14)15(21-23)11(2)24)20-16(25)22-8-4-7-17(18,19)10-22/h5-6,9,11,24H,3-4,7-8,10H2,1-2H3,(H,20,25). The molecule has 1 aromatic heterocycles. The second-order valence-electron chi connectivity index (χ2n) is 6.42. The highest BCUT2D eigenvalue weighted by Gasteiger charge is 2.37. The smallest absolute Gasteiger partial charge is 0.322 e. The van der Waals surface area contributed by atoms with Gasteiger partial charge in [-0.05, 0) is 38.5 Å². The number of nitrogens with one attached hydrogen (secondary N) is 1. The minimum absolute atomic E-state index is 0.184. The van der Waals surface area contributed by atoms with Gasteiger partial charge in [0.1, 0.15) is 0 Å². The molecule has 2 amide bonds. The number of carbonyl (C=O) groups is 1. The van der Waals surface area contributed by atoms with Crippen molar-refractivity contribution < 1.29 is 18.7 Å². The molecule has 0 spiro atoms. The number of halogens is 2. The summed E-state index contributed by atoms with van der Waals surface area (Å²) in [5.41, 5.74) is 1.86. The Morgan fingerprint density at radius 3 is 2.88 bits per heavy atom. The third-order valence-corrected chi connectivity index (χ3v) is 4.41. The minimum Gasteiger partial charge on any atom is -0.387 e. The van der Waals surface area contributed by atoms with E-state index < -0.39 is 24.6 Å². The fourth-order valence-electron chi connectivity index (χ4n) is 3.17. The molecule has 8 heteroatoms. The lowest BCUT2D eigenvalue weighted by atomic mass is 10.1. The number of hydrogen-bond donors (Lipinski definition) is 2. The maximum absolute atomic E-state index is 13.5. The van der Waals surface area contributed by atoms with Crippen molar-refractivity contribution in [2.45, 2.75) is 45.3 Å². The summed E-state index contributed by atoms with van der Waals surface area (Å²) in [6, 6.07) is 4.69. The molecule has 1 saturated heterocycles. The summed E-state index contributed by atoms with van der Waals surface area (Å²) in [5, 5.41) is 17.7. The van der Waals surface area contributed by atoms with Crippen LogP contribution in [0.5, 0.6) is 0 Å². The van der Waals surface area contributed by atoms with Gasteiger partial charge in [-0.15, -0.1) is 0 Å². The zero-order valence-electron chi connectivity index (χ0n) is 14.3. The highest BCUT2D eigenvalue weighted by Crippen LogP contribution is 2.29. The first-order valence-electron chi connectivity index (χ1n) is 8.43. The monoisotopic (exact) mass is 352 g/mol. The number of fused-ring (bicyclic) bond motifs is 1. The molecule has 0 saturated carbocycles. The summed E-state index contributed by atoms with van der Waals surface area (Å²) in [7, 11) is 0. The zero-order valence-corrected chi connectivity index (χ0v) is 14.3. The van der Waals surface area contributed by atoms with Crippen LogP contribution in [0.15, 0.2) is 18.2 Å². The highest BCUT2D eigenvalue weighted by molar-refractivity contribution is 5.93. The lowest BCUT2D eigenvalue weighted by Crippen LogP contribution is -2.47. The van der Waals surface area contributed by atoms with Gasteiger partial charge in [0.05, 0.1) is 23.9 Å². The van der Waals surface area contributed by atoms with Gasteiger partial charge in [-0.2, -0.15) is 5.10 Å². The van der Waals surface area contributed by atoms with Crippen molar-refractivity contribution in [3.8, 4) is 0 Å². The zero-order chi connectivity index (χ0) is 18.2. The number of aliphatic hydroxyl groups excluding tert-OH is 1. The third kappa shape index (κ3) is 3.58. The molecule has 1 unspecified atom stereocenters. The Kier molecular flexibility index (Phi) is 4.64. The van der Waals surface area contributed by atoms with Gasteiger partial charge in [0, 0.05) is 30.6 Å². The minimum atomic E-state index is -2.83. The number of urea groups is 1. The van der Waals surface area contributed by atoms with Crippen molar-refractivity contribution in [3.63, 3.8) is 0 Å². The number of anilines is 1. The van der Waals surface area contributed by atoms with Gasteiger partial charge in [0.2, 0.25) is 0 Å². The second kappa shape index (κ2) is 6.59. The number of aliphatic hydroxyl groups is 1. The predicted octanol–water partition coefficient (Wildman–Crippen LogP) is 3.37. The van der Waals surface area contributed by atoms with E-state index in [1.54, 1.807) is 29.8 Å². The first kappa shape index (κ1) is 17.6. The van der Waals surface area contributed by atoms with Crippen LogP contribution in [0.1, 0.15) is 38.5 Å². The van der Waals surface area contributed by atoms with Gasteiger partial charge in [-0.25, -0.2) is 13.6 Å². The van der Waals surface area contributed by atoms with Gasteiger partial charge in [0.25, 0.3) is 5.92 Å². The van der Waals surface area contributed by atoms with Gasteiger partial charge < -0.3 is 15.3 Å². The fraction of sp³-hybridized carbons (Fsp3) is 0.529. The maximum atomic E-state index is 13.5. The van der Waals surface area contributed by atoms with E-state index in [2.05, 4.69) is 10.4 Å². The summed E-state index contributed by atoms with van der Waals surface area (Å²) < 4.78 is 28.7. The van der Waals surface area contributed by atoms with E-state index >= 15 is 0 Å². The number of carbonyl (C=O) groups excluding carboxylic acids is 1. The number of aryl methyl sites for hydroxylation is 1. The molecule has 25 heavy (non-hydrogen) atoms. The van der Waals surface area contributed by atoms with Crippen LogP contribution in [0.25, 0.3) is 10.9 Å². The molecule has 1 aromatic carbocycles. The molecule has 0 radical (unpaired) electrons. The third-order valence-electron chi connectivity index (χ3n) is 4.41. The first-order valence-corrected chi connectivity index (χ1v) is 8.43. The lowest BCUT2D eigenvalue weighted by molar-refractivity contribution is -0.0510. The number of nitrogens with zero attached hydrogens (tertiary/aromatic N) is 3. The molecule has 2 aromatic rings. The number of hydrogen-bond acceptors (Lipinski definition) is 3. The summed E-state index contributed by atoms with van der Waals surface area (Å²) in [6.07, 6.45) is -0.645. The quantitative estimate of drug-likeness (QED) is 0.890. The van der Waals surface area contributed by atoms with Gasteiger partial charge in [-0.3, -0.25) is 4.68 Å². The van der Waals surface area contributed by atoms with Crippen molar-refractivity contribution >= 4 is 22.6 Å². The molecular formula is C17H22F2N4O2. The number of piperidine rings is 1. The number of rotatable bonds is 3. The Morgan fingerprint density at radius 2 is 2.24 bits per heavy atom. The van der Waals surface area contributed by atoms with Gasteiger partial charge in [0.15, 0.2) is 0 Å². The van der Waals surface area contributed by atoms with Crippen LogP contribution < -0.4 is 5.32 Å². The van der Waals surface area contributed by atoms with Crippen molar-refractivity contribution in [2.24, 2.45) is 0 Å². The highest BCUT2D eigenvalue weighted by atomic mass is 19.3. The number of alkyl halides is 2. The van der Waals surface area contributed by atoms with Gasteiger partial charge >= 0.3 is 6.03 Å². The second-order valence-corrected chi connectivity index (χ2v) is 6.42.